The Bertz CT molecular complexity index is 854. The number of aromatic nitrogens is 1. The molecule has 0 saturated carbocycles. The summed E-state index contributed by atoms with van der Waals surface area (Å²) in [4.78, 5) is 32.8. The molecule has 1 aromatic heterocycles. The molecule has 1 atom stereocenters. The van der Waals surface area contributed by atoms with Gasteiger partial charge in [-0.25, -0.2) is 9.78 Å². The van der Waals surface area contributed by atoms with Crippen LogP contribution in [0.4, 0.5) is 4.79 Å². The van der Waals surface area contributed by atoms with Crippen molar-refractivity contribution in [1.82, 2.24) is 20.1 Å². The Morgan fingerprint density at radius 1 is 1.35 bits per heavy atom. The summed E-state index contributed by atoms with van der Waals surface area (Å²) in [7, 11) is 0. The summed E-state index contributed by atoms with van der Waals surface area (Å²) in [5, 5.41) is 4.68. The average Bonchev–Trinajstić information content (AvgIpc) is 3.05. The fourth-order valence-electron chi connectivity index (χ4n) is 3.54. The summed E-state index contributed by atoms with van der Waals surface area (Å²) < 4.78 is 5.79. The topological polar surface area (TPSA) is 74.8 Å². The Kier molecular flexibility index (Phi) is 4.36. The molecule has 136 valence electrons. The van der Waals surface area contributed by atoms with E-state index in [-0.39, 0.29) is 18.0 Å². The molecule has 1 N–H and O–H groups in total. The maximum Gasteiger partial charge on any atom is 0.317 e. The van der Waals surface area contributed by atoms with Crippen LogP contribution >= 0.6 is 0 Å². The van der Waals surface area contributed by atoms with Gasteiger partial charge in [-0.3, -0.25) is 4.79 Å². The number of carbonyl (C=O) groups excluding carboxylic acids is 2. The highest BCUT2D eigenvalue weighted by Crippen LogP contribution is 2.26. The average molecular weight is 354 g/mol. The number of hydrogen-bond acceptors (Lipinski definition) is 4. The van der Waals surface area contributed by atoms with Crippen molar-refractivity contribution in [3.8, 4) is 5.88 Å². The lowest BCUT2D eigenvalue weighted by molar-refractivity contribution is 0.0610. The van der Waals surface area contributed by atoms with Gasteiger partial charge in [-0.1, -0.05) is 25.1 Å². The molecule has 7 heteroatoms. The minimum atomic E-state index is -0.115. The van der Waals surface area contributed by atoms with E-state index < -0.39 is 0 Å². The fourth-order valence-corrected chi connectivity index (χ4v) is 3.54. The summed E-state index contributed by atoms with van der Waals surface area (Å²) in [6, 6.07) is 9.61. The van der Waals surface area contributed by atoms with Crippen LogP contribution < -0.4 is 10.1 Å². The monoisotopic (exact) mass is 354 g/mol. The largest absolute Gasteiger partial charge is 0.477 e. The van der Waals surface area contributed by atoms with Crippen molar-refractivity contribution >= 4 is 22.7 Å². The van der Waals surface area contributed by atoms with Crippen molar-refractivity contribution in [3.05, 3.63) is 36.0 Å². The van der Waals surface area contributed by atoms with E-state index in [1.807, 2.05) is 37.3 Å². The molecule has 3 amide bonds. The van der Waals surface area contributed by atoms with Gasteiger partial charge in [-0.15, -0.1) is 0 Å². The third-order valence-electron chi connectivity index (χ3n) is 4.89. The molecule has 3 heterocycles. The number of pyridine rings is 1. The highest BCUT2D eigenvalue weighted by atomic mass is 16.5. The first kappa shape index (κ1) is 16.6. The number of hydrogen-bond donors (Lipinski definition) is 1. The Morgan fingerprint density at radius 2 is 2.19 bits per heavy atom. The third-order valence-corrected chi connectivity index (χ3v) is 4.89. The minimum absolute atomic E-state index is 0.0384. The van der Waals surface area contributed by atoms with Gasteiger partial charge in [-0.05, 0) is 23.9 Å². The lowest BCUT2D eigenvalue weighted by Gasteiger charge is -2.36. The first-order valence-electron chi connectivity index (χ1n) is 9.03. The van der Waals surface area contributed by atoms with Crippen LogP contribution in [0.3, 0.4) is 0 Å². The van der Waals surface area contributed by atoms with Crippen LogP contribution in [0.25, 0.3) is 10.8 Å². The van der Waals surface area contributed by atoms with Crippen LogP contribution in [0.5, 0.6) is 5.88 Å². The number of benzene rings is 1. The number of amides is 3. The summed E-state index contributed by atoms with van der Waals surface area (Å²) in [6.45, 7) is 4.77. The zero-order valence-electron chi connectivity index (χ0n) is 14.8. The van der Waals surface area contributed by atoms with Crippen molar-refractivity contribution in [1.29, 1.82) is 0 Å². The third kappa shape index (κ3) is 2.94. The molecular weight excluding hydrogens is 332 g/mol. The van der Waals surface area contributed by atoms with E-state index in [0.29, 0.717) is 44.4 Å². The summed E-state index contributed by atoms with van der Waals surface area (Å²) in [6.07, 6.45) is 0.874. The Balaban J connectivity index is 1.61. The van der Waals surface area contributed by atoms with Crippen LogP contribution in [0.15, 0.2) is 30.3 Å². The van der Waals surface area contributed by atoms with Crippen LogP contribution in [-0.2, 0) is 0 Å². The van der Waals surface area contributed by atoms with Crippen molar-refractivity contribution in [3.63, 3.8) is 0 Å². The van der Waals surface area contributed by atoms with Gasteiger partial charge in [0.2, 0.25) is 5.88 Å². The van der Waals surface area contributed by atoms with E-state index in [2.05, 4.69) is 10.3 Å². The molecule has 2 aromatic rings. The number of fused-ring (bicyclic) bond motifs is 2. The van der Waals surface area contributed by atoms with Crippen molar-refractivity contribution in [2.75, 3.05) is 32.8 Å². The van der Waals surface area contributed by atoms with Gasteiger partial charge in [0.1, 0.15) is 5.69 Å². The van der Waals surface area contributed by atoms with Gasteiger partial charge in [0.05, 0.1) is 12.6 Å². The molecule has 26 heavy (non-hydrogen) atoms. The maximum absolute atomic E-state index is 13.0. The summed E-state index contributed by atoms with van der Waals surface area (Å²) in [5.74, 6) is 0.390. The molecule has 2 fully saturated rings. The maximum atomic E-state index is 13.0. The van der Waals surface area contributed by atoms with E-state index in [1.54, 1.807) is 9.80 Å². The number of piperazine rings is 1. The summed E-state index contributed by atoms with van der Waals surface area (Å²) >= 11 is 0. The smallest absolute Gasteiger partial charge is 0.317 e. The van der Waals surface area contributed by atoms with E-state index in [1.165, 1.54) is 0 Å². The minimum Gasteiger partial charge on any atom is -0.477 e. The second-order valence-electron chi connectivity index (χ2n) is 6.67. The molecule has 0 spiro atoms. The highest BCUT2D eigenvalue weighted by Gasteiger charge is 2.37. The first-order chi connectivity index (χ1) is 12.7. The van der Waals surface area contributed by atoms with E-state index in [9.17, 15) is 9.59 Å². The predicted molar refractivity (Wildman–Crippen MR) is 97.3 cm³/mol. The standard InChI is InChI=1S/C19H22N4O3/c1-2-9-26-17-15-6-4-3-5-13(15)10-16(21-17)18(24)22-7-8-23-14(12-22)11-20-19(23)25/h3-6,10,14H,2,7-9,11-12H2,1H3,(H,20,25)/t14-/m1/s1. The van der Waals surface area contributed by atoms with Gasteiger partial charge < -0.3 is 19.9 Å². The molecule has 4 rings (SSSR count). The van der Waals surface area contributed by atoms with E-state index >= 15 is 0 Å². The van der Waals surface area contributed by atoms with Gasteiger partial charge in [-0.2, -0.15) is 0 Å². The van der Waals surface area contributed by atoms with Gasteiger partial charge >= 0.3 is 6.03 Å². The second kappa shape index (κ2) is 6.82. The van der Waals surface area contributed by atoms with Gasteiger partial charge in [0, 0.05) is 31.6 Å². The number of carbonyl (C=O) groups is 2. The number of nitrogens with zero attached hydrogens (tertiary/aromatic N) is 3. The lowest BCUT2D eigenvalue weighted by Crippen LogP contribution is -2.53. The highest BCUT2D eigenvalue weighted by molar-refractivity contribution is 5.98. The Labute approximate surface area is 151 Å². The van der Waals surface area contributed by atoms with Crippen LogP contribution in [0.2, 0.25) is 0 Å². The second-order valence-corrected chi connectivity index (χ2v) is 6.67. The number of urea groups is 1. The molecule has 2 saturated heterocycles. The van der Waals surface area contributed by atoms with Crippen LogP contribution in [0.1, 0.15) is 23.8 Å². The van der Waals surface area contributed by atoms with Crippen LogP contribution in [0, 0.1) is 0 Å². The van der Waals surface area contributed by atoms with Gasteiger partial charge in [0.25, 0.3) is 5.91 Å². The SMILES string of the molecule is CCCOc1nc(C(=O)N2CCN3C(=O)NC[C@@H]3C2)cc2ccccc12. The molecule has 0 unspecified atom stereocenters. The molecule has 0 radical (unpaired) electrons. The zero-order chi connectivity index (χ0) is 18.1. The predicted octanol–water partition coefficient (Wildman–Crippen LogP) is 1.87. The molecule has 2 aliphatic heterocycles. The van der Waals surface area contributed by atoms with Crippen molar-refractivity contribution < 1.29 is 14.3 Å². The fraction of sp³-hybridized carbons (Fsp3) is 0.421. The Hall–Kier alpha value is -2.83. The quantitative estimate of drug-likeness (QED) is 0.910. The van der Waals surface area contributed by atoms with Crippen molar-refractivity contribution in [2.24, 2.45) is 0 Å². The molecule has 0 bridgehead atoms. The lowest BCUT2D eigenvalue weighted by atomic mass is 10.1. The molecule has 1 aromatic carbocycles. The van der Waals surface area contributed by atoms with E-state index in [4.69, 9.17) is 4.74 Å². The van der Waals surface area contributed by atoms with E-state index in [0.717, 1.165) is 17.2 Å². The number of ether oxygens (including phenoxy) is 1. The number of rotatable bonds is 4. The van der Waals surface area contributed by atoms with Crippen molar-refractivity contribution in [2.45, 2.75) is 19.4 Å². The van der Waals surface area contributed by atoms with Gasteiger partial charge in [0.15, 0.2) is 0 Å². The zero-order valence-corrected chi connectivity index (χ0v) is 14.8. The molecule has 7 nitrogen and oxygen atoms in total. The summed E-state index contributed by atoms with van der Waals surface area (Å²) in [5.41, 5.74) is 0.389. The molecule has 0 aliphatic carbocycles. The first-order valence-corrected chi connectivity index (χ1v) is 9.03. The molecule has 2 aliphatic rings. The van der Waals surface area contributed by atoms with Crippen LogP contribution in [-0.4, -0.2) is 65.5 Å². The molecular formula is C19H22N4O3. The Morgan fingerprint density at radius 3 is 3.04 bits per heavy atom. The number of nitrogens with one attached hydrogen (secondary N) is 1. The normalized spacial score (nSPS) is 19.4.